The van der Waals surface area contributed by atoms with Crippen LogP contribution in [0.1, 0.15) is 64.5 Å². The van der Waals surface area contributed by atoms with Crippen LogP contribution in [0.2, 0.25) is 0 Å². The van der Waals surface area contributed by atoms with E-state index in [0.29, 0.717) is 49.0 Å². The van der Waals surface area contributed by atoms with E-state index in [1.54, 1.807) is 12.1 Å². The molecule has 0 atom stereocenters. The van der Waals surface area contributed by atoms with Gasteiger partial charge in [-0.1, -0.05) is 35.5 Å². The molecule has 1 saturated carbocycles. The molecule has 1 saturated heterocycles. The standard InChI is InChI=1S/C31H25F6N3O3/c32-30(33,34)23-4-2-1-3-20(23)27-21(28(43-39-27)18-6-7-18)9-5-17-11-13-40(14-12-17)19-8-10-25-22(15-19)24(31(35,36)37)16-26(38-25)29(41)42/h1-5,8-10,15-18H,6-7,11-14H2,(H,41,42). The smallest absolute Gasteiger partial charge is 0.417 e. The highest BCUT2D eigenvalue weighted by Crippen LogP contribution is 2.46. The number of allylic oxidation sites excluding steroid dienone is 1. The number of rotatable bonds is 6. The van der Waals surface area contributed by atoms with Crippen LogP contribution in [0.4, 0.5) is 32.0 Å². The van der Waals surface area contributed by atoms with Crippen LogP contribution < -0.4 is 4.90 Å². The molecule has 2 aromatic heterocycles. The Morgan fingerprint density at radius 3 is 2.28 bits per heavy atom. The van der Waals surface area contributed by atoms with Gasteiger partial charge in [-0.2, -0.15) is 26.3 Å². The number of piperidine rings is 1. The number of aromatic nitrogens is 2. The number of benzene rings is 2. The van der Waals surface area contributed by atoms with Crippen LogP contribution in [-0.2, 0) is 12.4 Å². The Balaban J connectivity index is 1.23. The number of hydrogen-bond donors (Lipinski definition) is 1. The highest BCUT2D eigenvalue weighted by Gasteiger charge is 2.37. The molecule has 224 valence electrons. The Kier molecular flexibility index (Phi) is 7.18. The summed E-state index contributed by atoms with van der Waals surface area (Å²) >= 11 is 0. The topological polar surface area (TPSA) is 79.5 Å². The number of alkyl halides is 6. The average molecular weight is 602 g/mol. The summed E-state index contributed by atoms with van der Waals surface area (Å²) in [5.74, 6) is -0.762. The van der Waals surface area contributed by atoms with Gasteiger partial charge >= 0.3 is 18.3 Å². The zero-order chi connectivity index (χ0) is 30.5. The van der Waals surface area contributed by atoms with E-state index in [-0.39, 0.29) is 34.0 Å². The third-order valence-electron chi connectivity index (χ3n) is 7.95. The fraction of sp³-hybridized carbons (Fsp3) is 0.323. The molecule has 2 fully saturated rings. The summed E-state index contributed by atoms with van der Waals surface area (Å²) in [5, 5.41) is 13.1. The molecule has 0 amide bonds. The van der Waals surface area contributed by atoms with Gasteiger partial charge in [-0.05, 0) is 61.9 Å². The first-order valence-electron chi connectivity index (χ1n) is 13.7. The minimum atomic E-state index is -4.76. The van der Waals surface area contributed by atoms with Crippen LogP contribution in [0.3, 0.4) is 0 Å². The molecular weight excluding hydrogens is 576 g/mol. The predicted octanol–water partition coefficient (Wildman–Crippen LogP) is 8.43. The largest absolute Gasteiger partial charge is 0.477 e. The molecule has 2 aromatic carbocycles. The Morgan fingerprint density at radius 2 is 1.63 bits per heavy atom. The van der Waals surface area contributed by atoms with E-state index in [1.165, 1.54) is 30.3 Å². The lowest BCUT2D eigenvalue weighted by Gasteiger charge is -2.32. The van der Waals surface area contributed by atoms with E-state index < -0.39 is 35.1 Å². The third-order valence-corrected chi connectivity index (χ3v) is 7.95. The van der Waals surface area contributed by atoms with Gasteiger partial charge in [0.25, 0.3) is 0 Å². The number of aromatic carboxylic acids is 1. The maximum absolute atomic E-state index is 13.8. The van der Waals surface area contributed by atoms with Crippen LogP contribution in [0.15, 0.2) is 59.1 Å². The molecule has 12 heteroatoms. The number of anilines is 1. The van der Waals surface area contributed by atoms with Gasteiger partial charge in [-0.15, -0.1) is 0 Å². The van der Waals surface area contributed by atoms with Gasteiger partial charge in [-0.25, -0.2) is 9.78 Å². The van der Waals surface area contributed by atoms with Crippen LogP contribution in [-0.4, -0.2) is 34.3 Å². The summed E-state index contributed by atoms with van der Waals surface area (Å²) in [6.45, 7) is 1.07. The second kappa shape index (κ2) is 10.7. The zero-order valence-electron chi connectivity index (χ0n) is 22.5. The van der Waals surface area contributed by atoms with E-state index in [1.807, 2.05) is 11.0 Å². The second-order valence-electron chi connectivity index (χ2n) is 10.9. The summed E-state index contributed by atoms with van der Waals surface area (Å²) in [6, 6.07) is 10.2. The van der Waals surface area contributed by atoms with Crippen molar-refractivity contribution < 1.29 is 40.8 Å². The molecule has 3 heterocycles. The first-order valence-corrected chi connectivity index (χ1v) is 13.7. The fourth-order valence-electron chi connectivity index (χ4n) is 5.58. The Hall–Kier alpha value is -4.35. The van der Waals surface area contributed by atoms with Crippen molar-refractivity contribution in [3.63, 3.8) is 0 Å². The minimum Gasteiger partial charge on any atom is -0.477 e. The maximum Gasteiger partial charge on any atom is 0.417 e. The van der Waals surface area contributed by atoms with E-state index >= 15 is 0 Å². The second-order valence-corrected chi connectivity index (χ2v) is 10.9. The van der Waals surface area contributed by atoms with Gasteiger partial charge in [0.15, 0.2) is 0 Å². The Bertz CT molecular complexity index is 1710. The number of fused-ring (bicyclic) bond motifs is 1. The number of hydrogen-bond acceptors (Lipinski definition) is 5. The van der Waals surface area contributed by atoms with Crippen molar-refractivity contribution in [1.82, 2.24) is 10.1 Å². The highest BCUT2D eigenvalue weighted by atomic mass is 19.4. The van der Waals surface area contributed by atoms with Crippen LogP contribution in [0.5, 0.6) is 0 Å². The molecular formula is C31H25F6N3O3. The zero-order valence-corrected chi connectivity index (χ0v) is 22.5. The first-order chi connectivity index (χ1) is 20.4. The van der Waals surface area contributed by atoms with Crippen molar-refractivity contribution in [2.75, 3.05) is 18.0 Å². The van der Waals surface area contributed by atoms with E-state index in [0.717, 1.165) is 18.9 Å². The number of carboxylic acid groups (broad SMARTS) is 1. The quantitative estimate of drug-likeness (QED) is 0.224. The third kappa shape index (κ3) is 5.82. The van der Waals surface area contributed by atoms with E-state index in [2.05, 4.69) is 10.1 Å². The van der Waals surface area contributed by atoms with Crippen molar-refractivity contribution in [3.05, 3.63) is 82.8 Å². The molecule has 0 bridgehead atoms. The van der Waals surface area contributed by atoms with Crippen LogP contribution >= 0.6 is 0 Å². The highest BCUT2D eigenvalue weighted by molar-refractivity contribution is 5.93. The van der Waals surface area contributed by atoms with Crippen LogP contribution in [0, 0.1) is 5.92 Å². The summed E-state index contributed by atoms with van der Waals surface area (Å²) in [4.78, 5) is 17.1. The molecule has 4 aromatic rings. The average Bonchev–Trinajstić information content (AvgIpc) is 3.73. The first kappa shape index (κ1) is 28.8. The molecule has 0 spiro atoms. The van der Waals surface area contributed by atoms with E-state index in [4.69, 9.17) is 4.52 Å². The monoisotopic (exact) mass is 601 g/mol. The number of nitrogens with zero attached hydrogens (tertiary/aromatic N) is 3. The SMILES string of the molecule is O=C(O)c1cc(C(F)(F)F)c2cc(N3CCC(C=Cc4c(-c5ccccc5C(F)(F)F)noc4C4CC4)CC3)ccc2n1. The summed E-state index contributed by atoms with van der Waals surface area (Å²) in [6.07, 6.45) is -2.48. The number of carboxylic acids is 1. The van der Waals surface area contributed by atoms with E-state index in [9.17, 15) is 36.2 Å². The normalized spacial score (nSPS) is 16.8. The molecule has 43 heavy (non-hydrogen) atoms. The molecule has 1 N–H and O–H groups in total. The lowest BCUT2D eigenvalue weighted by atomic mass is 9.93. The molecule has 0 unspecified atom stereocenters. The van der Waals surface area contributed by atoms with Gasteiger partial charge in [0.05, 0.1) is 16.6 Å². The molecule has 2 aliphatic rings. The number of halogens is 6. The molecule has 6 nitrogen and oxygen atoms in total. The van der Waals surface area contributed by atoms with Crippen molar-refractivity contribution >= 4 is 28.6 Å². The van der Waals surface area contributed by atoms with Crippen molar-refractivity contribution in [2.45, 2.75) is 44.0 Å². The van der Waals surface area contributed by atoms with Gasteiger partial charge in [0, 0.05) is 41.2 Å². The number of carbonyl (C=O) groups is 1. The van der Waals surface area contributed by atoms with Crippen molar-refractivity contribution in [2.24, 2.45) is 5.92 Å². The molecule has 1 aliphatic carbocycles. The van der Waals surface area contributed by atoms with Gasteiger partial charge < -0.3 is 14.5 Å². The van der Waals surface area contributed by atoms with Gasteiger partial charge in [0.2, 0.25) is 0 Å². The van der Waals surface area contributed by atoms with Crippen molar-refractivity contribution in [1.29, 1.82) is 0 Å². The lowest BCUT2D eigenvalue weighted by Crippen LogP contribution is -2.33. The number of pyridine rings is 1. The molecule has 1 aliphatic heterocycles. The molecule has 0 radical (unpaired) electrons. The molecule has 6 rings (SSSR count). The van der Waals surface area contributed by atoms with Crippen molar-refractivity contribution in [3.8, 4) is 11.3 Å². The van der Waals surface area contributed by atoms with Crippen LogP contribution in [0.25, 0.3) is 28.2 Å². The summed E-state index contributed by atoms with van der Waals surface area (Å²) < 4.78 is 88.1. The summed E-state index contributed by atoms with van der Waals surface area (Å²) in [5.41, 5.74) is -1.36. The fourth-order valence-corrected chi connectivity index (χ4v) is 5.58. The maximum atomic E-state index is 13.8. The Morgan fingerprint density at radius 1 is 0.930 bits per heavy atom. The summed E-state index contributed by atoms with van der Waals surface area (Å²) in [7, 11) is 0. The predicted molar refractivity (Wildman–Crippen MR) is 147 cm³/mol. The Labute approximate surface area is 241 Å². The van der Waals surface area contributed by atoms with Gasteiger partial charge in [-0.3, -0.25) is 0 Å². The van der Waals surface area contributed by atoms with Gasteiger partial charge in [0.1, 0.15) is 17.1 Å². The minimum absolute atomic E-state index is 0.0420. The lowest BCUT2D eigenvalue weighted by molar-refractivity contribution is -0.137.